The maximum atomic E-state index is 12.8. The van der Waals surface area contributed by atoms with Crippen LogP contribution in [0.15, 0.2) is 28.3 Å². The van der Waals surface area contributed by atoms with Crippen molar-refractivity contribution in [2.45, 2.75) is 13.8 Å². The third-order valence-corrected chi connectivity index (χ3v) is 7.03. The van der Waals surface area contributed by atoms with Crippen LogP contribution >= 0.6 is 52.8 Å². The Bertz CT molecular complexity index is 464. The number of hydrogen-bond donors (Lipinski definition) is 0. The first kappa shape index (κ1) is 16.6. The molecule has 0 amide bonds. The number of rotatable bonds is 6. The Balaban J connectivity index is 3.33. The maximum Gasteiger partial charge on any atom is 0.361 e. The minimum Gasteiger partial charge on any atom is -0.305 e. The molecule has 18 heavy (non-hydrogen) atoms. The summed E-state index contributed by atoms with van der Waals surface area (Å²) in [5.74, 6) is 0. The van der Waals surface area contributed by atoms with Gasteiger partial charge in [0, 0.05) is 9.14 Å². The van der Waals surface area contributed by atoms with Crippen molar-refractivity contribution in [2.75, 3.05) is 13.2 Å². The first-order chi connectivity index (χ1) is 8.59. The van der Waals surface area contributed by atoms with Gasteiger partial charge < -0.3 is 9.05 Å². The third-order valence-electron chi connectivity index (χ3n) is 2.15. The van der Waals surface area contributed by atoms with Crippen molar-refractivity contribution in [2.24, 2.45) is 0 Å². The van der Waals surface area contributed by atoms with E-state index in [1.165, 1.54) is 0 Å². The average Bonchev–Trinajstić information content (AvgIpc) is 2.38. The largest absolute Gasteiger partial charge is 0.361 e. The van der Waals surface area contributed by atoms with Crippen LogP contribution < -0.4 is 5.30 Å². The van der Waals surface area contributed by atoms with E-state index >= 15 is 0 Å². The lowest BCUT2D eigenvalue weighted by Crippen LogP contribution is -2.14. The van der Waals surface area contributed by atoms with Gasteiger partial charge in [0.1, 0.15) is 0 Å². The van der Waals surface area contributed by atoms with Crippen LogP contribution in [0.5, 0.6) is 0 Å². The lowest BCUT2D eigenvalue weighted by Gasteiger charge is -2.19. The molecule has 0 saturated carbocycles. The molecule has 3 nitrogen and oxygen atoms in total. The van der Waals surface area contributed by atoms with Crippen molar-refractivity contribution in [3.63, 3.8) is 0 Å². The minimum absolute atomic E-state index is 0.357. The Kier molecular flexibility index (Phi) is 7.38. The summed E-state index contributed by atoms with van der Waals surface area (Å²) in [4.78, 5) is 0. The SMILES string of the molecule is CCOP(=O)(OCC)c1ccccc1/C(I)=C/I. The molecule has 0 aliphatic rings. The topological polar surface area (TPSA) is 35.5 Å². The highest BCUT2D eigenvalue weighted by Gasteiger charge is 2.29. The van der Waals surface area contributed by atoms with Crippen LogP contribution in [0.3, 0.4) is 0 Å². The van der Waals surface area contributed by atoms with Crippen molar-refractivity contribution in [1.29, 1.82) is 0 Å². The summed E-state index contributed by atoms with van der Waals surface area (Å²) in [5, 5.41) is 0.631. The molecule has 0 saturated heterocycles. The molecule has 6 heteroatoms. The van der Waals surface area contributed by atoms with Crippen LogP contribution in [0, 0.1) is 0 Å². The Morgan fingerprint density at radius 3 is 2.33 bits per heavy atom. The van der Waals surface area contributed by atoms with Crippen LogP contribution in [0.25, 0.3) is 3.58 Å². The molecule has 0 spiro atoms. The number of halogens is 2. The van der Waals surface area contributed by atoms with Gasteiger partial charge in [-0.05, 0) is 46.6 Å². The first-order valence-electron chi connectivity index (χ1n) is 5.54. The average molecular weight is 492 g/mol. The predicted molar refractivity (Wildman–Crippen MR) is 93.0 cm³/mol. The highest BCUT2D eigenvalue weighted by atomic mass is 127. The molecule has 0 bridgehead atoms. The predicted octanol–water partition coefficient (Wildman–Crippen LogP) is 4.75. The summed E-state index contributed by atoms with van der Waals surface area (Å²) in [6.45, 7) is 4.34. The fourth-order valence-electron chi connectivity index (χ4n) is 1.49. The second-order valence-electron chi connectivity index (χ2n) is 3.31. The van der Waals surface area contributed by atoms with Gasteiger partial charge in [0.2, 0.25) is 0 Å². The molecule has 1 aromatic carbocycles. The third kappa shape index (κ3) is 4.03. The van der Waals surface area contributed by atoms with Gasteiger partial charge in [-0.15, -0.1) is 0 Å². The van der Waals surface area contributed by atoms with E-state index in [2.05, 4.69) is 45.2 Å². The fraction of sp³-hybridized carbons (Fsp3) is 0.333. The lowest BCUT2D eigenvalue weighted by atomic mass is 10.2. The van der Waals surface area contributed by atoms with E-state index in [0.717, 1.165) is 9.14 Å². The van der Waals surface area contributed by atoms with E-state index in [0.29, 0.717) is 18.5 Å². The van der Waals surface area contributed by atoms with E-state index < -0.39 is 7.60 Å². The molecule has 0 radical (unpaired) electrons. The summed E-state index contributed by atoms with van der Waals surface area (Å²) in [6, 6.07) is 7.50. The summed E-state index contributed by atoms with van der Waals surface area (Å²) in [6.07, 6.45) is 0. The molecule has 1 rings (SSSR count). The Hall–Kier alpha value is 0.570. The minimum atomic E-state index is -3.23. The highest BCUT2D eigenvalue weighted by Crippen LogP contribution is 2.48. The molecule has 0 atom stereocenters. The lowest BCUT2D eigenvalue weighted by molar-refractivity contribution is 0.230. The van der Waals surface area contributed by atoms with Gasteiger partial charge >= 0.3 is 7.60 Å². The molecule has 0 aliphatic carbocycles. The Labute approximate surface area is 135 Å². The molecular formula is C12H15I2O3P. The molecule has 1 aromatic rings. The summed E-state index contributed by atoms with van der Waals surface area (Å²) in [7, 11) is -3.23. The van der Waals surface area contributed by atoms with Crippen molar-refractivity contribution in [3.8, 4) is 0 Å². The van der Waals surface area contributed by atoms with E-state index in [4.69, 9.17) is 9.05 Å². The number of benzene rings is 1. The Morgan fingerprint density at radius 2 is 1.83 bits per heavy atom. The van der Waals surface area contributed by atoms with Crippen LogP contribution in [-0.2, 0) is 13.6 Å². The first-order valence-corrected chi connectivity index (χ1v) is 9.40. The molecule has 0 aromatic heterocycles. The zero-order valence-corrected chi connectivity index (χ0v) is 15.4. The fourth-order valence-corrected chi connectivity index (χ4v) is 4.30. The molecule has 0 unspecified atom stereocenters. The van der Waals surface area contributed by atoms with Crippen LogP contribution in [0.4, 0.5) is 0 Å². The zero-order valence-electron chi connectivity index (χ0n) is 10.2. The molecule has 0 heterocycles. The van der Waals surface area contributed by atoms with Crippen LogP contribution in [0.2, 0.25) is 0 Å². The van der Waals surface area contributed by atoms with Gasteiger partial charge in [0.25, 0.3) is 0 Å². The summed E-state index contributed by atoms with van der Waals surface area (Å²) < 4.78 is 26.5. The van der Waals surface area contributed by atoms with Gasteiger partial charge in [0.15, 0.2) is 0 Å². The van der Waals surface area contributed by atoms with E-state index in [9.17, 15) is 4.57 Å². The van der Waals surface area contributed by atoms with Crippen LogP contribution in [-0.4, -0.2) is 13.2 Å². The van der Waals surface area contributed by atoms with Gasteiger partial charge in [0.05, 0.1) is 18.5 Å². The highest BCUT2D eigenvalue weighted by molar-refractivity contribution is 14.1. The van der Waals surface area contributed by atoms with E-state index in [1.807, 2.05) is 36.1 Å². The second-order valence-corrected chi connectivity index (χ2v) is 7.09. The zero-order chi connectivity index (χ0) is 13.6. The summed E-state index contributed by atoms with van der Waals surface area (Å²) >= 11 is 4.38. The number of hydrogen-bond acceptors (Lipinski definition) is 3. The van der Waals surface area contributed by atoms with Crippen molar-refractivity contribution < 1.29 is 13.6 Å². The van der Waals surface area contributed by atoms with Gasteiger partial charge in [-0.25, -0.2) is 0 Å². The monoisotopic (exact) mass is 492 g/mol. The quantitative estimate of drug-likeness (QED) is 0.425. The molecule has 0 aliphatic heterocycles. The second kappa shape index (κ2) is 7.99. The molecule has 100 valence electrons. The molecule has 0 N–H and O–H groups in total. The van der Waals surface area contributed by atoms with Gasteiger partial charge in [-0.3, -0.25) is 4.57 Å². The summed E-state index contributed by atoms with van der Waals surface area (Å²) in [5.41, 5.74) is 0.901. The smallest absolute Gasteiger partial charge is 0.305 e. The van der Waals surface area contributed by atoms with Crippen molar-refractivity contribution in [1.82, 2.24) is 0 Å². The normalized spacial score (nSPS) is 12.8. The van der Waals surface area contributed by atoms with E-state index in [-0.39, 0.29) is 0 Å². The molecule has 0 fully saturated rings. The Morgan fingerprint density at radius 1 is 1.28 bits per heavy atom. The van der Waals surface area contributed by atoms with Crippen molar-refractivity contribution >= 4 is 61.7 Å². The van der Waals surface area contributed by atoms with Gasteiger partial charge in [-0.2, -0.15) is 0 Å². The van der Waals surface area contributed by atoms with Crippen LogP contribution in [0.1, 0.15) is 19.4 Å². The molecular weight excluding hydrogens is 477 g/mol. The van der Waals surface area contributed by atoms with Crippen molar-refractivity contribution in [3.05, 3.63) is 33.9 Å². The standard InChI is InChI=1S/C12H15I2O3P/c1-3-16-18(15,17-4-2)12-8-6-5-7-10(12)11(14)9-13/h5-9H,3-4H2,1-2H3/b11-9-. The van der Waals surface area contributed by atoms with E-state index in [1.54, 1.807) is 6.07 Å². The van der Waals surface area contributed by atoms with Gasteiger partial charge in [-0.1, -0.05) is 40.8 Å². The maximum absolute atomic E-state index is 12.8.